The molecule has 0 atom stereocenters. The maximum atomic E-state index is 12.2. The standard InChI is InChI=1S/C17H18N4O3/c22-16(6-3-13-1-4-14(5-2-13)17(23)24)20-9-7-15(8-10-20)21-12-18-11-19-21/h1-6,11-12,15H,7-10H2,(H,23,24)/b6-3+. The van der Waals surface area contributed by atoms with E-state index in [0.29, 0.717) is 19.1 Å². The van der Waals surface area contributed by atoms with E-state index >= 15 is 0 Å². The van der Waals surface area contributed by atoms with Crippen molar-refractivity contribution in [2.24, 2.45) is 0 Å². The Labute approximate surface area is 139 Å². The molecule has 1 aromatic carbocycles. The van der Waals surface area contributed by atoms with Gasteiger partial charge in [0, 0.05) is 19.2 Å². The normalized spacial score (nSPS) is 15.8. The van der Waals surface area contributed by atoms with E-state index in [9.17, 15) is 9.59 Å². The maximum Gasteiger partial charge on any atom is 0.335 e. The largest absolute Gasteiger partial charge is 0.478 e. The van der Waals surface area contributed by atoms with Crippen LogP contribution in [0.4, 0.5) is 0 Å². The Balaban J connectivity index is 1.54. The third kappa shape index (κ3) is 3.68. The summed E-state index contributed by atoms with van der Waals surface area (Å²) in [6, 6.07) is 6.71. The molecule has 3 rings (SSSR count). The summed E-state index contributed by atoms with van der Waals surface area (Å²) in [4.78, 5) is 28.8. The monoisotopic (exact) mass is 326 g/mol. The Kier molecular flexibility index (Phi) is 4.69. The van der Waals surface area contributed by atoms with Gasteiger partial charge in [-0.25, -0.2) is 14.5 Å². The van der Waals surface area contributed by atoms with Gasteiger partial charge >= 0.3 is 5.97 Å². The zero-order chi connectivity index (χ0) is 16.9. The Bertz CT molecular complexity index is 730. The van der Waals surface area contributed by atoms with Gasteiger partial charge in [0.1, 0.15) is 12.7 Å². The zero-order valence-electron chi connectivity index (χ0n) is 13.1. The van der Waals surface area contributed by atoms with Crippen LogP contribution in [0.1, 0.15) is 34.8 Å². The smallest absolute Gasteiger partial charge is 0.335 e. The average Bonchev–Trinajstić information content (AvgIpc) is 3.15. The summed E-state index contributed by atoms with van der Waals surface area (Å²) >= 11 is 0. The minimum atomic E-state index is -0.961. The Morgan fingerprint density at radius 3 is 2.46 bits per heavy atom. The number of hydrogen-bond donors (Lipinski definition) is 1. The van der Waals surface area contributed by atoms with Crippen LogP contribution in [0.5, 0.6) is 0 Å². The number of nitrogens with zero attached hydrogens (tertiary/aromatic N) is 4. The first-order valence-corrected chi connectivity index (χ1v) is 7.78. The van der Waals surface area contributed by atoms with Gasteiger partial charge in [0.15, 0.2) is 0 Å². The molecule has 1 amide bonds. The van der Waals surface area contributed by atoms with E-state index in [0.717, 1.165) is 18.4 Å². The van der Waals surface area contributed by atoms with E-state index in [2.05, 4.69) is 10.1 Å². The van der Waals surface area contributed by atoms with Crippen molar-refractivity contribution in [1.82, 2.24) is 19.7 Å². The van der Waals surface area contributed by atoms with E-state index in [-0.39, 0.29) is 11.5 Å². The predicted molar refractivity (Wildman–Crippen MR) is 87.3 cm³/mol. The molecule has 24 heavy (non-hydrogen) atoms. The highest BCUT2D eigenvalue weighted by Crippen LogP contribution is 2.21. The van der Waals surface area contributed by atoms with Crippen molar-refractivity contribution in [3.8, 4) is 0 Å². The zero-order valence-corrected chi connectivity index (χ0v) is 13.1. The van der Waals surface area contributed by atoms with Crippen molar-refractivity contribution in [2.45, 2.75) is 18.9 Å². The number of piperidine rings is 1. The summed E-state index contributed by atoms with van der Waals surface area (Å²) in [6.07, 6.45) is 8.19. The molecule has 0 aliphatic carbocycles. The molecule has 2 aromatic rings. The Hall–Kier alpha value is -2.96. The minimum absolute atomic E-state index is 0.0330. The van der Waals surface area contributed by atoms with Crippen LogP contribution in [-0.2, 0) is 4.79 Å². The molecule has 1 N–H and O–H groups in total. The first-order valence-electron chi connectivity index (χ1n) is 7.78. The number of carboxylic acid groups (broad SMARTS) is 1. The lowest BCUT2D eigenvalue weighted by atomic mass is 10.1. The number of carboxylic acids is 1. The van der Waals surface area contributed by atoms with Gasteiger partial charge in [-0.1, -0.05) is 12.1 Å². The third-order valence-corrected chi connectivity index (χ3v) is 4.16. The third-order valence-electron chi connectivity index (χ3n) is 4.16. The summed E-state index contributed by atoms with van der Waals surface area (Å²) in [5, 5.41) is 13.0. The highest BCUT2D eigenvalue weighted by molar-refractivity contribution is 5.92. The molecule has 0 bridgehead atoms. The number of aromatic nitrogens is 3. The van der Waals surface area contributed by atoms with Gasteiger partial charge < -0.3 is 10.0 Å². The number of carbonyl (C=O) groups excluding carboxylic acids is 1. The molecule has 1 aromatic heterocycles. The average molecular weight is 326 g/mol. The van der Waals surface area contributed by atoms with Crippen LogP contribution < -0.4 is 0 Å². The van der Waals surface area contributed by atoms with Crippen LogP contribution in [0.3, 0.4) is 0 Å². The molecular formula is C17H18N4O3. The minimum Gasteiger partial charge on any atom is -0.478 e. The number of rotatable bonds is 4. The number of hydrogen-bond acceptors (Lipinski definition) is 4. The fourth-order valence-corrected chi connectivity index (χ4v) is 2.77. The number of aromatic carboxylic acids is 1. The molecule has 7 heteroatoms. The van der Waals surface area contributed by atoms with E-state index in [1.54, 1.807) is 24.5 Å². The van der Waals surface area contributed by atoms with Crippen LogP contribution in [0.15, 0.2) is 43.0 Å². The van der Waals surface area contributed by atoms with E-state index in [4.69, 9.17) is 5.11 Å². The highest BCUT2D eigenvalue weighted by atomic mass is 16.4. The fourth-order valence-electron chi connectivity index (χ4n) is 2.77. The molecule has 1 aliphatic heterocycles. The Morgan fingerprint density at radius 1 is 1.17 bits per heavy atom. The topological polar surface area (TPSA) is 88.3 Å². The number of benzene rings is 1. The fraction of sp³-hybridized carbons (Fsp3) is 0.294. The summed E-state index contributed by atoms with van der Waals surface area (Å²) < 4.78 is 1.85. The molecule has 1 aliphatic rings. The van der Waals surface area contributed by atoms with Gasteiger partial charge in [-0.05, 0) is 36.6 Å². The SMILES string of the molecule is O=C(O)c1ccc(/C=C/C(=O)N2CCC(n3cncn3)CC2)cc1. The molecule has 2 heterocycles. The van der Waals surface area contributed by atoms with Crippen LogP contribution in [0, 0.1) is 0 Å². The van der Waals surface area contributed by atoms with Crippen molar-refractivity contribution < 1.29 is 14.7 Å². The molecular weight excluding hydrogens is 308 g/mol. The first-order chi connectivity index (χ1) is 11.6. The summed E-state index contributed by atoms with van der Waals surface area (Å²) in [7, 11) is 0. The van der Waals surface area contributed by atoms with Crippen molar-refractivity contribution in [3.05, 3.63) is 54.1 Å². The highest BCUT2D eigenvalue weighted by Gasteiger charge is 2.22. The molecule has 0 saturated carbocycles. The van der Waals surface area contributed by atoms with Gasteiger partial charge in [0.25, 0.3) is 0 Å². The van der Waals surface area contributed by atoms with Crippen molar-refractivity contribution in [2.75, 3.05) is 13.1 Å². The lowest BCUT2D eigenvalue weighted by molar-refractivity contribution is -0.127. The van der Waals surface area contributed by atoms with Gasteiger partial charge in [-0.3, -0.25) is 4.79 Å². The molecule has 1 fully saturated rings. The van der Waals surface area contributed by atoms with Crippen molar-refractivity contribution >= 4 is 18.0 Å². The van der Waals surface area contributed by atoms with Gasteiger partial charge in [-0.15, -0.1) is 0 Å². The second-order valence-electron chi connectivity index (χ2n) is 5.69. The number of carbonyl (C=O) groups is 2. The number of likely N-dealkylation sites (tertiary alicyclic amines) is 1. The lowest BCUT2D eigenvalue weighted by Crippen LogP contribution is -2.38. The van der Waals surface area contributed by atoms with Crippen molar-refractivity contribution in [3.63, 3.8) is 0 Å². The van der Waals surface area contributed by atoms with Crippen LogP contribution in [-0.4, -0.2) is 49.7 Å². The molecule has 1 saturated heterocycles. The summed E-state index contributed by atoms with van der Waals surface area (Å²) in [5.41, 5.74) is 1.03. The van der Waals surface area contributed by atoms with E-state index in [1.807, 2.05) is 9.58 Å². The first kappa shape index (κ1) is 15.9. The molecule has 0 radical (unpaired) electrons. The molecule has 0 spiro atoms. The quantitative estimate of drug-likeness (QED) is 0.866. The predicted octanol–water partition coefficient (Wildman–Crippen LogP) is 1.85. The molecule has 124 valence electrons. The summed E-state index contributed by atoms with van der Waals surface area (Å²) in [5.74, 6) is -0.994. The second-order valence-corrected chi connectivity index (χ2v) is 5.69. The Morgan fingerprint density at radius 2 is 1.88 bits per heavy atom. The van der Waals surface area contributed by atoms with E-state index in [1.165, 1.54) is 24.5 Å². The van der Waals surface area contributed by atoms with Crippen LogP contribution in [0.25, 0.3) is 6.08 Å². The van der Waals surface area contributed by atoms with Crippen molar-refractivity contribution in [1.29, 1.82) is 0 Å². The molecule has 0 unspecified atom stereocenters. The lowest BCUT2D eigenvalue weighted by Gasteiger charge is -2.31. The van der Waals surface area contributed by atoms with Gasteiger partial charge in [0.2, 0.25) is 5.91 Å². The van der Waals surface area contributed by atoms with Gasteiger partial charge in [0.05, 0.1) is 11.6 Å². The maximum absolute atomic E-state index is 12.2. The number of amides is 1. The second kappa shape index (κ2) is 7.08. The van der Waals surface area contributed by atoms with Gasteiger partial charge in [-0.2, -0.15) is 5.10 Å². The van der Waals surface area contributed by atoms with E-state index < -0.39 is 5.97 Å². The molecule has 7 nitrogen and oxygen atoms in total. The van der Waals surface area contributed by atoms with Crippen LogP contribution >= 0.6 is 0 Å². The summed E-state index contributed by atoms with van der Waals surface area (Å²) in [6.45, 7) is 1.37. The van der Waals surface area contributed by atoms with Crippen LogP contribution in [0.2, 0.25) is 0 Å².